The van der Waals surface area contributed by atoms with Crippen LogP contribution in [0.4, 0.5) is 4.79 Å². The number of aliphatic imine (C=N–C) groups is 1. The fraction of sp³-hybridized carbons (Fsp3) is 0.636. The summed E-state index contributed by atoms with van der Waals surface area (Å²) >= 11 is 0. The third-order valence-corrected chi connectivity index (χ3v) is 4.97. The van der Waals surface area contributed by atoms with Gasteiger partial charge in [-0.15, -0.1) is 24.0 Å². The van der Waals surface area contributed by atoms with Crippen LogP contribution in [0.3, 0.4) is 0 Å². The predicted molar refractivity (Wildman–Crippen MR) is 132 cm³/mol. The number of aryl methyl sites for hydroxylation is 1. The molecule has 1 fully saturated rings. The van der Waals surface area contributed by atoms with Gasteiger partial charge in [0.25, 0.3) is 0 Å². The summed E-state index contributed by atoms with van der Waals surface area (Å²) in [7, 11) is 0. The quantitative estimate of drug-likeness (QED) is 0.300. The van der Waals surface area contributed by atoms with Crippen LogP contribution in [-0.4, -0.2) is 49.3 Å². The maximum absolute atomic E-state index is 11.8. The highest BCUT2D eigenvalue weighted by atomic mass is 127. The average molecular weight is 532 g/mol. The van der Waals surface area contributed by atoms with Crippen molar-refractivity contribution in [2.24, 2.45) is 16.6 Å². The van der Waals surface area contributed by atoms with Gasteiger partial charge in [0.1, 0.15) is 5.75 Å². The summed E-state index contributed by atoms with van der Waals surface area (Å²) in [6.45, 7) is 11.1. The molecule has 0 radical (unpaired) electrons. The van der Waals surface area contributed by atoms with Crippen molar-refractivity contribution in [2.75, 3.05) is 26.3 Å². The van der Waals surface area contributed by atoms with Gasteiger partial charge in [-0.25, -0.2) is 9.79 Å². The first-order valence-corrected chi connectivity index (χ1v) is 10.6. The Morgan fingerprint density at radius 2 is 2.03 bits per heavy atom. The van der Waals surface area contributed by atoms with Gasteiger partial charge in [-0.05, 0) is 50.7 Å². The highest BCUT2D eigenvalue weighted by Crippen LogP contribution is 2.22. The third-order valence-electron chi connectivity index (χ3n) is 4.97. The third kappa shape index (κ3) is 8.97. The lowest BCUT2D eigenvalue weighted by atomic mass is 10.1. The summed E-state index contributed by atoms with van der Waals surface area (Å²) in [5, 5.41) is 3.28. The van der Waals surface area contributed by atoms with Gasteiger partial charge in [0.05, 0.1) is 19.8 Å². The zero-order chi connectivity index (χ0) is 21.2. The van der Waals surface area contributed by atoms with E-state index < -0.39 is 0 Å². The molecule has 8 heteroatoms. The number of likely N-dealkylation sites (tertiary alicyclic amines) is 1. The number of amides is 1. The van der Waals surface area contributed by atoms with Crippen molar-refractivity contribution in [1.29, 1.82) is 0 Å². The maximum atomic E-state index is 11.8. The van der Waals surface area contributed by atoms with Crippen molar-refractivity contribution in [3.63, 3.8) is 0 Å². The van der Waals surface area contributed by atoms with Crippen LogP contribution in [0.25, 0.3) is 0 Å². The molecule has 1 amide bonds. The monoisotopic (exact) mass is 532 g/mol. The fourth-order valence-corrected chi connectivity index (χ4v) is 3.18. The molecular weight excluding hydrogens is 495 g/mol. The minimum Gasteiger partial charge on any atom is -0.493 e. The molecule has 1 aromatic carbocycles. The smallest absolute Gasteiger partial charge is 0.409 e. The molecule has 1 heterocycles. The molecule has 0 atom stereocenters. The molecule has 0 bridgehead atoms. The van der Waals surface area contributed by atoms with E-state index in [1.807, 2.05) is 6.92 Å². The molecule has 7 nitrogen and oxygen atoms in total. The number of halogens is 1. The van der Waals surface area contributed by atoms with Gasteiger partial charge in [-0.3, -0.25) is 0 Å². The van der Waals surface area contributed by atoms with Crippen LogP contribution in [-0.2, 0) is 11.3 Å². The van der Waals surface area contributed by atoms with Crippen molar-refractivity contribution < 1.29 is 14.3 Å². The number of rotatable bonds is 8. The van der Waals surface area contributed by atoms with Crippen molar-refractivity contribution in [3.05, 3.63) is 29.3 Å². The molecule has 0 aliphatic carbocycles. The number of guanidine groups is 1. The number of hydrogen-bond donors (Lipinski definition) is 2. The number of carbonyl (C=O) groups is 1. The van der Waals surface area contributed by atoms with Crippen LogP contribution in [0.15, 0.2) is 23.2 Å². The highest BCUT2D eigenvalue weighted by molar-refractivity contribution is 14.0. The van der Waals surface area contributed by atoms with E-state index in [1.165, 1.54) is 0 Å². The van der Waals surface area contributed by atoms with E-state index in [-0.39, 0.29) is 36.1 Å². The molecule has 3 N–H and O–H groups in total. The van der Waals surface area contributed by atoms with E-state index in [9.17, 15) is 4.79 Å². The first-order chi connectivity index (χ1) is 13.9. The van der Waals surface area contributed by atoms with Gasteiger partial charge in [-0.1, -0.05) is 26.0 Å². The Morgan fingerprint density at radius 3 is 2.67 bits per heavy atom. The minimum absolute atomic E-state index is 0. The van der Waals surface area contributed by atoms with Crippen LogP contribution in [0.2, 0.25) is 0 Å². The number of nitrogens with one attached hydrogen (secondary N) is 1. The molecule has 170 valence electrons. The summed E-state index contributed by atoms with van der Waals surface area (Å²) in [6.07, 6.45) is 2.42. The van der Waals surface area contributed by atoms with Crippen LogP contribution in [0.5, 0.6) is 5.75 Å². The molecule has 2 rings (SSSR count). The molecule has 1 aromatic rings. The van der Waals surface area contributed by atoms with Crippen LogP contribution in [0.1, 0.15) is 51.2 Å². The van der Waals surface area contributed by atoms with Gasteiger partial charge in [0.2, 0.25) is 0 Å². The molecule has 0 saturated carbocycles. The van der Waals surface area contributed by atoms with Crippen LogP contribution in [0, 0.1) is 12.8 Å². The van der Waals surface area contributed by atoms with Crippen LogP contribution >= 0.6 is 24.0 Å². The molecular formula is C22H37IN4O3. The summed E-state index contributed by atoms with van der Waals surface area (Å²) < 4.78 is 11.0. The van der Waals surface area contributed by atoms with Crippen molar-refractivity contribution >= 4 is 36.0 Å². The summed E-state index contributed by atoms with van der Waals surface area (Å²) in [5.74, 6) is 1.91. The number of nitrogens with zero attached hydrogens (tertiary/aromatic N) is 2. The molecule has 1 aliphatic heterocycles. The predicted octanol–water partition coefficient (Wildman–Crippen LogP) is 4.06. The van der Waals surface area contributed by atoms with E-state index in [1.54, 1.807) is 4.90 Å². The number of benzene rings is 1. The number of carbonyl (C=O) groups excluding carboxylic acids is 1. The second-order valence-corrected chi connectivity index (χ2v) is 7.95. The Bertz CT molecular complexity index is 689. The Labute approximate surface area is 197 Å². The lowest BCUT2D eigenvalue weighted by molar-refractivity contribution is 0.0963. The van der Waals surface area contributed by atoms with E-state index in [4.69, 9.17) is 15.2 Å². The van der Waals surface area contributed by atoms with Crippen molar-refractivity contribution in [3.8, 4) is 5.75 Å². The number of nitrogens with two attached hydrogens (primary N) is 1. The first-order valence-electron chi connectivity index (χ1n) is 10.6. The Balaban J connectivity index is 0.00000450. The SMILES string of the molecule is CCOC(=O)N1CCC(NC(N)=NCc2ccc(C)cc2OCCC(C)C)CC1.I. The highest BCUT2D eigenvalue weighted by Gasteiger charge is 2.23. The Morgan fingerprint density at radius 1 is 1.33 bits per heavy atom. The molecule has 1 saturated heterocycles. The van der Waals surface area contributed by atoms with Crippen molar-refractivity contribution in [2.45, 2.75) is 59.5 Å². The lowest BCUT2D eigenvalue weighted by Crippen LogP contribution is -2.48. The zero-order valence-corrected chi connectivity index (χ0v) is 21.0. The molecule has 30 heavy (non-hydrogen) atoms. The van der Waals surface area contributed by atoms with Gasteiger partial charge in [-0.2, -0.15) is 0 Å². The molecule has 0 unspecified atom stereocenters. The lowest BCUT2D eigenvalue weighted by Gasteiger charge is -2.31. The van der Waals surface area contributed by atoms with Gasteiger partial charge in [0.15, 0.2) is 5.96 Å². The van der Waals surface area contributed by atoms with E-state index in [0.717, 1.165) is 36.1 Å². The van der Waals surface area contributed by atoms with Gasteiger partial charge < -0.3 is 25.4 Å². The molecule has 0 spiro atoms. The largest absolute Gasteiger partial charge is 0.493 e. The van der Waals surface area contributed by atoms with Crippen molar-refractivity contribution in [1.82, 2.24) is 10.2 Å². The molecule has 0 aromatic heterocycles. The van der Waals surface area contributed by atoms with Crippen LogP contribution < -0.4 is 15.8 Å². The second-order valence-electron chi connectivity index (χ2n) is 7.95. The van der Waals surface area contributed by atoms with E-state index in [2.05, 4.69) is 49.3 Å². The van der Waals surface area contributed by atoms with Gasteiger partial charge in [0, 0.05) is 24.7 Å². The number of piperidine rings is 1. The summed E-state index contributed by atoms with van der Waals surface area (Å²) in [4.78, 5) is 18.0. The average Bonchev–Trinajstić information content (AvgIpc) is 2.68. The first kappa shape index (κ1) is 26.3. The minimum atomic E-state index is -0.239. The fourth-order valence-electron chi connectivity index (χ4n) is 3.18. The number of hydrogen-bond acceptors (Lipinski definition) is 4. The topological polar surface area (TPSA) is 89.2 Å². The Kier molecular flexibility index (Phi) is 11.9. The summed E-state index contributed by atoms with van der Waals surface area (Å²) in [5.41, 5.74) is 8.30. The van der Waals surface area contributed by atoms with E-state index in [0.29, 0.717) is 44.7 Å². The maximum Gasteiger partial charge on any atom is 0.409 e. The van der Waals surface area contributed by atoms with E-state index >= 15 is 0 Å². The summed E-state index contributed by atoms with van der Waals surface area (Å²) in [6, 6.07) is 6.38. The Hall–Kier alpha value is -1.71. The normalized spacial score (nSPS) is 15.0. The van der Waals surface area contributed by atoms with Gasteiger partial charge >= 0.3 is 6.09 Å². The standard InChI is InChI=1S/C22H36N4O3.HI/c1-5-28-22(27)26-11-8-19(9-12-26)25-21(23)24-15-18-7-6-17(4)14-20(18)29-13-10-16(2)3;/h6-7,14,16,19H,5,8-13,15H2,1-4H3,(H3,23,24,25);1H. The zero-order valence-electron chi connectivity index (χ0n) is 18.6. The number of ether oxygens (including phenoxy) is 2. The molecule has 1 aliphatic rings. The second kappa shape index (κ2) is 13.6.